The summed E-state index contributed by atoms with van der Waals surface area (Å²) >= 11 is 12.8. The molecule has 0 aromatic heterocycles. The molecule has 40 heavy (non-hydrogen) atoms. The van der Waals surface area contributed by atoms with Gasteiger partial charge in [-0.1, -0.05) is 47.5 Å². The number of hydrogen-bond donors (Lipinski definition) is 1. The molecule has 0 radical (unpaired) electrons. The Labute approximate surface area is 240 Å². The summed E-state index contributed by atoms with van der Waals surface area (Å²) in [5.41, 5.74) is -0.0746. The second-order valence-electron chi connectivity index (χ2n) is 8.29. The molecule has 7 nitrogen and oxygen atoms in total. The van der Waals surface area contributed by atoms with Crippen LogP contribution < -0.4 is 14.8 Å². The number of benzene rings is 3. The molecule has 1 fully saturated rings. The Morgan fingerprint density at radius 3 is 2.50 bits per heavy atom. The fraction of sp³-hybridized carbons (Fsp3) is 0.148. The minimum absolute atomic E-state index is 0.0214. The minimum atomic E-state index is -4.65. The lowest BCUT2D eigenvalue weighted by molar-refractivity contribution is -0.137. The quantitative estimate of drug-likeness (QED) is 0.270. The molecule has 0 unspecified atom stereocenters. The summed E-state index contributed by atoms with van der Waals surface area (Å²) in [7, 11) is 1.23. The molecule has 208 valence electrons. The highest BCUT2D eigenvalue weighted by Crippen LogP contribution is 2.36. The summed E-state index contributed by atoms with van der Waals surface area (Å²) in [5.74, 6) is -1.23. The van der Waals surface area contributed by atoms with E-state index < -0.39 is 35.3 Å². The van der Waals surface area contributed by atoms with Gasteiger partial charge in [-0.05, 0) is 54.2 Å². The van der Waals surface area contributed by atoms with Gasteiger partial charge in [0.1, 0.15) is 24.7 Å². The number of ether oxygens (including phenoxy) is 2. The van der Waals surface area contributed by atoms with Crippen molar-refractivity contribution in [3.63, 3.8) is 0 Å². The molecule has 1 saturated heterocycles. The van der Waals surface area contributed by atoms with E-state index in [1.165, 1.54) is 13.2 Å². The number of para-hydroxylation sites is 1. The number of carbonyl (C=O) groups excluding carboxylic acids is 3. The van der Waals surface area contributed by atoms with Gasteiger partial charge in [0.05, 0.1) is 23.3 Å². The Bertz CT molecular complexity index is 1510. The first-order chi connectivity index (χ1) is 19.0. The van der Waals surface area contributed by atoms with Crippen molar-refractivity contribution in [1.29, 1.82) is 0 Å². The SMILES string of the molecule is COc1ccc(C(F)(F)F)cc1NC(=O)CN1C(=O)S/C(=C\c2ccccc2OCc2ccc(Cl)cc2Cl)C1=O. The van der Waals surface area contributed by atoms with Crippen molar-refractivity contribution in [1.82, 2.24) is 4.90 Å². The molecule has 3 aromatic carbocycles. The topological polar surface area (TPSA) is 84.9 Å². The smallest absolute Gasteiger partial charge is 0.416 e. The third-order valence-corrected chi connectivity index (χ3v) is 7.07. The van der Waals surface area contributed by atoms with Crippen LogP contribution >= 0.6 is 35.0 Å². The largest absolute Gasteiger partial charge is 0.495 e. The molecule has 0 aliphatic carbocycles. The maximum absolute atomic E-state index is 13.1. The van der Waals surface area contributed by atoms with E-state index in [0.29, 0.717) is 49.6 Å². The number of nitrogens with zero attached hydrogens (tertiary/aromatic N) is 1. The Morgan fingerprint density at radius 1 is 1.05 bits per heavy atom. The molecular formula is C27H19Cl2F3N2O5S. The normalized spacial score (nSPS) is 14.6. The molecule has 3 amide bonds. The summed E-state index contributed by atoms with van der Waals surface area (Å²) in [6, 6.07) is 14.4. The van der Waals surface area contributed by atoms with Crippen LogP contribution in [-0.4, -0.2) is 35.6 Å². The van der Waals surface area contributed by atoms with Gasteiger partial charge in [-0.15, -0.1) is 0 Å². The number of rotatable bonds is 8. The molecule has 1 heterocycles. The Kier molecular flexibility index (Phi) is 8.97. The summed E-state index contributed by atoms with van der Waals surface area (Å²) in [5, 5.41) is 2.47. The average molecular weight is 611 g/mol. The fourth-order valence-corrected chi connectivity index (χ4v) is 4.91. The van der Waals surface area contributed by atoms with E-state index in [1.54, 1.807) is 42.5 Å². The highest BCUT2D eigenvalue weighted by molar-refractivity contribution is 8.18. The Hall–Kier alpha value is -3.67. The Balaban J connectivity index is 1.47. The van der Waals surface area contributed by atoms with Crippen molar-refractivity contribution in [2.75, 3.05) is 19.0 Å². The van der Waals surface area contributed by atoms with Crippen LogP contribution in [0.4, 0.5) is 23.7 Å². The third-order valence-electron chi connectivity index (χ3n) is 5.58. The number of carbonyl (C=O) groups is 3. The van der Waals surface area contributed by atoms with Crippen molar-refractivity contribution in [2.45, 2.75) is 12.8 Å². The fourth-order valence-electron chi connectivity index (χ4n) is 3.62. The lowest BCUT2D eigenvalue weighted by atomic mass is 10.1. The number of halogens is 5. The van der Waals surface area contributed by atoms with E-state index >= 15 is 0 Å². The number of nitrogens with one attached hydrogen (secondary N) is 1. The van der Waals surface area contributed by atoms with Gasteiger partial charge in [-0.3, -0.25) is 19.3 Å². The second kappa shape index (κ2) is 12.2. The van der Waals surface area contributed by atoms with Gasteiger partial charge in [0.2, 0.25) is 5.91 Å². The van der Waals surface area contributed by atoms with E-state index in [4.69, 9.17) is 32.7 Å². The summed E-state index contributed by atoms with van der Waals surface area (Å²) in [4.78, 5) is 38.9. The van der Waals surface area contributed by atoms with Gasteiger partial charge >= 0.3 is 6.18 Å². The van der Waals surface area contributed by atoms with Crippen molar-refractivity contribution in [2.24, 2.45) is 0 Å². The van der Waals surface area contributed by atoms with Crippen molar-refractivity contribution < 1.29 is 37.0 Å². The molecule has 0 bridgehead atoms. The summed E-state index contributed by atoms with van der Waals surface area (Å²) in [6.07, 6.45) is -3.19. The zero-order valence-corrected chi connectivity index (χ0v) is 22.9. The standard InChI is InChI=1S/C27H19Cl2F3N2O5S/c1-38-22-9-7-17(27(30,31)32)11-20(22)33-24(35)13-34-25(36)23(40-26(34)37)10-15-4-2-3-5-21(15)39-14-16-6-8-18(28)12-19(16)29/h2-12H,13-14H2,1H3,(H,33,35)/b23-10-. The highest BCUT2D eigenvalue weighted by atomic mass is 35.5. The molecule has 1 aliphatic heterocycles. The maximum atomic E-state index is 13.1. The first-order valence-electron chi connectivity index (χ1n) is 11.4. The molecule has 13 heteroatoms. The molecule has 3 aromatic rings. The first kappa shape index (κ1) is 29.3. The number of hydrogen-bond acceptors (Lipinski definition) is 6. The third kappa shape index (κ3) is 6.90. The predicted molar refractivity (Wildman–Crippen MR) is 147 cm³/mol. The monoisotopic (exact) mass is 610 g/mol. The average Bonchev–Trinajstić information content (AvgIpc) is 3.15. The first-order valence-corrected chi connectivity index (χ1v) is 13.0. The van der Waals surface area contributed by atoms with Crippen LogP contribution in [0, 0.1) is 0 Å². The van der Waals surface area contributed by atoms with Crippen LogP contribution in [0.1, 0.15) is 16.7 Å². The number of methoxy groups -OCH3 is 1. The predicted octanol–water partition coefficient (Wildman–Crippen LogP) is 7.27. The molecule has 0 saturated carbocycles. The number of anilines is 1. The lowest BCUT2D eigenvalue weighted by Crippen LogP contribution is -2.36. The minimum Gasteiger partial charge on any atom is -0.495 e. The van der Waals surface area contributed by atoms with Crippen LogP contribution in [0.15, 0.2) is 65.6 Å². The number of amides is 3. The van der Waals surface area contributed by atoms with E-state index in [1.807, 2.05) is 0 Å². The van der Waals surface area contributed by atoms with Crippen LogP contribution in [0.25, 0.3) is 6.08 Å². The van der Waals surface area contributed by atoms with Gasteiger partial charge in [0.15, 0.2) is 0 Å². The molecular weight excluding hydrogens is 592 g/mol. The number of imide groups is 1. The van der Waals surface area contributed by atoms with Gasteiger partial charge in [0, 0.05) is 21.2 Å². The number of alkyl halides is 3. The van der Waals surface area contributed by atoms with Crippen molar-refractivity contribution in [3.05, 3.63) is 92.3 Å². The lowest BCUT2D eigenvalue weighted by Gasteiger charge is -2.16. The van der Waals surface area contributed by atoms with E-state index in [-0.39, 0.29) is 22.9 Å². The summed E-state index contributed by atoms with van der Waals surface area (Å²) < 4.78 is 50.2. The van der Waals surface area contributed by atoms with Crippen molar-refractivity contribution in [3.8, 4) is 11.5 Å². The van der Waals surface area contributed by atoms with Crippen molar-refractivity contribution >= 4 is 63.8 Å². The van der Waals surface area contributed by atoms with Crippen LogP contribution in [0.5, 0.6) is 11.5 Å². The Morgan fingerprint density at radius 2 is 1.80 bits per heavy atom. The molecule has 1 aliphatic rings. The van der Waals surface area contributed by atoms with Gasteiger partial charge in [-0.2, -0.15) is 13.2 Å². The number of thioether (sulfide) groups is 1. The second-order valence-corrected chi connectivity index (χ2v) is 10.1. The maximum Gasteiger partial charge on any atom is 0.416 e. The van der Waals surface area contributed by atoms with Gasteiger partial charge in [0.25, 0.3) is 11.1 Å². The van der Waals surface area contributed by atoms with E-state index in [2.05, 4.69) is 5.32 Å². The zero-order valence-electron chi connectivity index (χ0n) is 20.6. The van der Waals surface area contributed by atoms with E-state index in [0.717, 1.165) is 12.1 Å². The summed E-state index contributed by atoms with van der Waals surface area (Å²) in [6.45, 7) is -0.601. The highest BCUT2D eigenvalue weighted by Gasteiger charge is 2.37. The van der Waals surface area contributed by atoms with Crippen LogP contribution in [-0.2, 0) is 22.4 Å². The van der Waals surface area contributed by atoms with Gasteiger partial charge in [-0.25, -0.2) is 0 Å². The van der Waals surface area contributed by atoms with E-state index in [9.17, 15) is 27.6 Å². The molecule has 1 N–H and O–H groups in total. The van der Waals surface area contributed by atoms with Crippen LogP contribution in [0.2, 0.25) is 10.0 Å². The zero-order chi connectivity index (χ0) is 29.0. The van der Waals surface area contributed by atoms with Gasteiger partial charge < -0.3 is 14.8 Å². The van der Waals surface area contributed by atoms with Crippen LogP contribution in [0.3, 0.4) is 0 Å². The molecule has 0 spiro atoms. The molecule has 0 atom stereocenters. The molecule has 4 rings (SSSR count).